The Kier molecular flexibility index (Phi) is 3.85. The monoisotopic (exact) mass is 338 g/mol. The van der Waals surface area contributed by atoms with E-state index in [4.69, 9.17) is 16.8 Å². The fraction of sp³-hybridized carbons (Fsp3) is 0.400. The zero-order valence-electron chi connectivity index (χ0n) is 12.4. The van der Waals surface area contributed by atoms with Gasteiger partial charge in [0.15, 0.2) is 0 Å². The van der Waals surface area contributed by atoms with Crippen LogP contribution in [0.25, 0.3) is 0 Å². The second-order valence-corrected chi connectivity index (χ2v) is 6.42. The number of rotatable bonds is 4. The Morgan fingerprint density at radius 2 is 2.09 bits per heavy atom. The van der Waals surface area contributed by atoms with E-state index in [0.717, 1.165) is 18.4 Å². The number of hydrogen-bond acceptors (Lipinski definition) is 5. The van der Waals surface area contributed by atoms with E-state index in [2.05, 4.69) is 15.3 Å². The average molecular weight is 339 g/mol. The Labute approximate surface area is 137 Å². The van der Waals surface area contributed by atoms with Gasteiger partial charge < -0.3 is 5.32 Å². The van der Waals surface area contributed by atoms with Crippen LogP contribution in [0, 0.1) is 0 Å². The van der Waals surface area contributed by atoms with Gasteiger partial charge in [0, 0.05) is 12.4 Å². The van der Waals surface area contributed by atoms with Gasteiger partial charge in [-0.1, -0.05) is 12.2 Å². The molecule has 6 nitrogen and oxygen atoms in total. The SMILES string of the molecule is C[C@]1(F)C=CC(C2(Nc3ncc(C(=O)NO)cn3)CC2)=CC1Cl. The van der Waals surface area contributed by atoms with Gasteiger partial charge in [-0.15, -0.1) is 11.6 Å². The average Bonchev–Trinajstić information content (AvgIpc) is 3.30. The second-order valence-electron chi connectivity index (χ2n) is 5.95. The lowest BCUT2D eigenvalue weighted by Crippen LogP contribution is -2.33. The van der Waals surface area contributed by atoms with Crippen LogP contribution in [0.15, 0.2) is 36.2 Å². The minimum Gasteiger partial charge on any atom is -0.345 e. The molecular weight excluding hydrogens is 323 g/mol. The molecule has 2 aliphatic carbocycles. The highest BCUT2D eigenvalue weighted by atomic mass is 35.5. The topological polar surface area (TPSA) is 87.1 Å². The summed E-state index contributed by atoms with van der Waals surface area (Å²) in [6.45, 7) is 1.44. The van der Waals surface area contributed by atoms with E-state index in [9.17, 15) is 9.18 Å². The summed E-state index contributed by atoms with van der Waals surface area (Å²) in [5, 5.41) is 11.1. The van der Waals surface area contributed by atoms with Gasteiger partial charge in [-0.3, -0.25) is 10.0 Å². The number of allylic oxidation sites excluding steroid dienone is 2. The molecule has 1 amide bonds. The van der Waals surface area contributed by atoms with Crippen LogP contribution in [0.1, 0.15) is 30.1 Å². The highest BCUT2D eigenvalue weighted by molar-refractivity contribution is 6.23. The maximum absolute atomic E-state index is 14.1. The van der Waals surface area contributed by atoms with Crippen molar-refractivity contribution in [1.82, 2.24) is 15.4 Å². The molecule has 0 aliphatic heterocycles. The number of amides is 1. The zero-order valence-corrected chi connectivity index (χ0v) is 13.1. The molecule has 0 radical (unpaired) electrons. The van der Waals surface area contributed by atoms with E-state index in [0.29, 0.717) is 5.95 Å². The maximum Gasteiger partial charge on any atom is 0.277 e. The van der Waals surface area contributed by atoms with Crippen LogP contribution in [-0.2, 0) is 0 Å². The molecule has 0 bridgehead atoms. The Bertz CT molecular complexity index is 683. The van der Waals surface area contributed by atoms with Crippen molar-refractivity contribution in [3.05, 3.63) is 41.8 Å². The summed E-state index contributed by atoms with van der Waals surface area (Å²) in [6, 6.07) is 0. The van der Waals surface area contributed by atoms with Crippen LogP contribution in [0.3, 0.4) is 0 Å². The maximum atomic E-state index is 14.1. The van der Waals surface area contributed by atoms with Crippen LogP contribution < -0.4 is 10.8 Å². The first-order chi connectivity index (χ1) is 10.9. The number of carbonyl (C=O) groups is 1. The number of hydroxylamine groups is 1. The van der Waals surface area contributed by atoms with E-state index >= 15 is 0 Å². The number of carbonyl (C=O) groups excluding carboxylic acids is 1. The number of hydrogen-bond donors (Lipinski definition) is 3. The van der Waals surface area contributed by atoms with Crippen molar-refractivity contribution in [1.29, 1.82) is 0 Å². The molecule has 2 atom stereocenters. The van der Waals surface area contributed by atoms with Gasteiger partial charge >= 0.3 is 0 Å². The van der Waals surface area contributed by atoms with Crippen molar-refractivity contribution in [3.63, 3.8) is 0 Å². The molecule has 3 N–H and O–H groups in total. The molecule has 8 heteroatoms. The van der Waals surface area contributed by atoms with Crippen LogP contribution >= 0.6 is 11.6 Å². The predicted octanol–water partition coefficient (Wildman–Crippen LogP) is 2.37. The largest absolute Gasteiger partial charge is 0.345 e. The van der Waals surface area contributed by atoms with Gasteiger partial charge in [0.25, 0.3) is 5.91 Å². The Morgan fingerprint density at radius 3 is 2.61 bits per heavy atom. The number of halogens is 2. The van der Waals surface area contributed by atoms with Crippen molar-refractivity contribution in [2.45, 2.75) is 36.4 Å². The summed E-state index contributed by atoms with van der Waals surface area (Å²) in [5.41, 5.74) is 0.670. The van der Waals surface area contributed by atoms with Crippen LogP contribution in [0.5, 0.6) is 0 Å². The second kappa shape index (κ2) is 5.58. The first-order valence-electron chi connectivity index (χ1n) is 7.15. The van der Waals surface area contributed by atoms with Crippen LogP contribution in [0.2, 0.25) is 0 Å². The van der Waals surface area contributed by atoms with Gasteiger partial charge in [0.1, 0.15) is 5.67 Å². The van der Waals surface area contributed by atoms with E-state index < -0.39 is 17.0 Å². The van der Waals surface area contributed by atoms with Gasteiger partial charge in [0.2, 0.25) is 5.95 Å². The Morgan fingerprint density at radius 1 is 1.43 bits per heavy atom. The van der Waals surface area contributed by atoms with Gasteiger partial charge in [-0.25, -0.2) is 19.8 Å². The van der Waals surface area contributed by atoms with Crippen molar-refractivity contribution < 1.29 is 14.4 Å². The van der Waals surface area contributed by atoms with E-state index in [1.807, 2.05) is 0 Å². The molecule has 0 aromatic carbocycles. The van der Waals surface area contributed by atoms with Gasteiger partial charge in [0.05, 0.1) is 16.5 Å². The van der Waals surface area contributed by atoms with Gasteiger partial charge in [-0.2, -0.15) is 0 Å². The molecule has 1 fully saturated rings. The third kappa shape index (κ3) is 3.07. The molecule has 3 rings (SSSR count). The predicted molar refractivity (Wildman–Crippen MR) is 83.2 cm³/mol. The Balaban J connectivity index is 1.75. The lowest BCUT2D eigenvalue weighted by molar-refractivity contribution is 0.0705. The van der Waals surface area contributed by atoms with Crippen molar-refractivity contribution in [3.8, 4) is 0 Å². The van der Waals surface area contributed by atoms with Crippen LogP contribution in [-0.4, -0.2) is 37.7 Å². The quantitative estimate of drug-likeness (QED) is 0.446. The lowest BCUT2D eigenvalue weighted by Gasteiger charge is -2.28. The van der Waals surface area contributed by atoms with E-state index in [1.165, 1.54) is 30.9 Å². The van der Waals surface area contributed by atoms with Gasteiger partial charge in [-0.05, 0) is 31.4 Å². The first-order valence-corrected chi connectivity index (χ1v) is 7.59. The van der Waals surface area contributed by atoms with E-state index in [1.54, 1.807) is 12.2 Å². The number of aromatic nitrogens is 2. The standard InChI is InChI=1S/C15H16ClFN4O2/c1-14(17)3-2-10(6-11(14)16)15(4-5-15)20-13-18-7-9(8-19-13)12(22)21-23/h2-3,6-8,11,23H,4-5H2,1H3,(H,21,22)(H,18,19,20)/t11?,14-/m0/s1. The molecule has 1 heterocycles. The molecule has 1 aromatic rings. The fourth-order valence-corrected chi connectivity index (χ4v) is 2.65. The summed E-state index contributed by atoms with van der Waals surface area (Å²) in [7, 11) is 0. The highest BCUT2D eigenvalue weighted by Crippen LogP contribution is 2.47. The van der Waals surface area contributed by atoms with Crippen molar-refractivity contribution in [2.24, 2.45) is 0 Å². The smallest absolute Gasteiger partial charge is 0.277 e. The van der Waals surface area contributed by atoms with Crippen molar-refractivity contribution >= 4 is 23.5 Å². The number of nitrogens with one attached hydrogen (secondary N) is 2. The zero-order chi connectivity index (χ0) is 16.7. The number of alkyl halides is 2. The summed E-state index contributed by atoms with van der Waals surface area (Å²) >= 11 is 6.08. The molecule has 1 aromatic heterocycles. The Hall–Kier alpha value is -1.99. The normalized spacial score (nSPS) is 28.0. The summed E-state index contributed by atoms with van der Waals surface area (Å²) in [5.74, 6) is -0.325. The molecule has 1 saturated carbocycles. The fourth-order valence-electron chi connectivity index (χ4n) is 2.44. The number of anilines is 1. The van der Waals surface area contributed by atoms with E-state index in [-0.39, 0.29) is 11.1 Å². The summed E-state index contributed by atoms with van der Waals surface area (Å²) in [4.78, 5) is 19.4. The van der Waals surface area contributed by atoms with Crippen molar-refractivity contribution in [2.75, 3.05) is 5.32 Å². The molecule has 23 heavy (non-hydrogen) atoms. The third-order valence-corrected chi connectivity index (χ3v) is 4.68. The molecule has 1 unspecified atom stereocenters. The third-order valence-electron chi connectivity index (χ3n) is 4.12. The summed E-state index contributed by atoms with van der Waals surface area (Å²) < 4.78 is 14.1. The summed E-state index contributed by atoms with van der Waals surface area (Å²) in [6.07, 6.45) is 9.27. The molecule has 2 aliphatic rings. The van der Waals surface area contributed by atoms with Crippen LogP contribution in [0.4, 0.5) is 10.3 Å². The molecule has 0 spiro atoms. The molecular formula is C15H16ClFN4O2. The minimum absolute atomic E-state index is 0.147. The highest BCUT2D eigenvalue weighted by Gasteiger charge is 2.48. The lowest BCUT2D eigenvalue weighted by atomic mass is 9.90. The number of nitrogens with zero attached hydrogens (tertiary/aromatic N) is 2. The molecule has 122 valence electrons. The minimum atomic E-state index is -1.56. The molecule has 0 saturated heterocycles. The first kappa shape index (κ1) is 15.9.